The molecule has 1 atom stereocenters. The number of aromatic nitrogens is 2. The smallest absolute Gasteiger partial charge is 0.256 e. The number of anilines is 1. The molecule has 0 saturated carbocycles. The van der Waals surface area contributed by atoms with Crippen molar-refractivity contribution in [2.45, 2.75) is 13.0 Å². The van der Waals surface area contributed by atoms with Gasteiger partial charge in [-0.3, -0.25) is 4.68 Å². The van der Waals surface area contributed by atoms with Crippen LogP contribution >= 0.6 is 0 Å². The second-order valence-electron chi connectivity index (χ2n) is 2.95. The second kappa shape index (κ2) is 4.13. The maximum atomic E-state index is 5.64. The van der Waals surface area contributed by atoms with Crippen molar-refractivity contribution in [3.05, 3.63) is 6.20 Å². The normalized spacial score (nSPS) is 12.8. The fourth-order valence-corrected chi connectivity index (χ4v) is 1.04. The van der Waals surface area contributed by atoms with Crippen LogP contribution in [0.15, 0.2) is 6.20 Å². The van der Waals surface area contributed by atoms with Crippen molar-refractivity contribution in [1.29, 1.82) is 0 Å². The zero-order valence-corrected chi connectivity index (χ0v) is 8.15. The second-order valence-corrected chi connectivity index (χ2v) is 2.95. The standard InChI is InChI=1S/C8H15N3O2/c1-6(5-12-3)13-8-7(9)4-11(2)10-8/h4,6H,5,9H2,1-3H3. The van der Waals surface area contributed by atoms with E-state index in [0.29, 0.717) is 18.2 Å². The SMILES string of the molecule is COCC(C)Oc1nn(C)cc1N. The fraction of sp³-hybridized carbons (Fsp3) is 0.625. The van der Waals surface area contributed by atoms with E-state index >= 15 is 0 Å². The van der Waals surface area contributed by atoms with Crippen molar-refractivity contribution in [2.24, 2.45) is 7.05 Å². The lowest BCUT2D eigenvalue weighted by Crippen LogP contribution is -2.18. The van der Waals surface area contributed by atoms with Crippen molar-refractivity contribution >= 4 is 5.69 Å². The largest absolute Gasteiger partial charge is 0.470 e. The minimum atomic E-state index is -0.0396. The molecule has 74 valence electrons. The number of methoxy groups -OCH3 is 1. The van der Waals surface area contributed by atoms with Crippen LogP contribution in [0.5, 0.6) is 5.88 Å². The van der Waals surface area contributed by atoms with Crippen LogP contribution in [0.2, 0.25) is 0 Å². The maximum absolute atomic E-state index is 5.64. The maximum Gasteiger partial charge on any atom is 0.256 e. The zero-order valence-electron chi connectivity index (χ0n) is 8.15. The van der Waals surface area contributed by atoms with Crippen LogP contribution in [0.1, 0.15) is 6.92 Å². The van der Waals surface area contributed by atoms with E-state index in [-0.39, 0.29) is 6.10 Å². The van der Waals surface area contributed by atoms with Crippen LogP contribution in [-0.4, -0.2) is 29.6 Å². The third-order valence-electron chi connectivity index (χ3n) is 1.54. The molecular weight excluding hydrogens is 170 g/mol. The Morgan fingerprint density at radius 1 is 1.69 bits per heavy atom. The van der Waals surface area contributed by atoms with Gasteiger partial charge in [0.25, 0.3) is 5.88 Å². The molecule has 1 heterocycles. The van der Waals surface area contributed by atoms with E-state index in [1.807, 2.05) is 6.92 Å². The lowest BCUT2D eigenvalue weighted by atomic mass is 10.4. The Morgan fingerprint density at radius 2 is 2.38 bits per heavy atom. The third kappa shape index (κ3) is 2.62. The van der Waals surface area contributed by atoms with Gasteiger partial charge in [0.2, 0.25) is 0 Å². The van der Waals surface area contributed by atoms with Gasteiger partial charge in [-0.25, -0.2) is 0 Å². The van der Waals surface area contributed by atoms with E-state index in [1.54, 1.807) is 25.0 Å². The van der Waals surface area contributed by atoms with Gasteiger partial charge in [-0.1, -0.05) is 0 Å². The molecule has 1 unspecified atom stereocenters. The van der Waals surface area contributed by atoms with Gasteiger partial charge in [0.05, 0.1) is 12.8 Å². The first-order valence-electron chi connectivity index (χ1n) is 4.08. The first-order chi connectivity index (χ1) is 6.13. The van der Waals surface area contributed by atoms with Gasteiger partial charge in [-0.15, -0.1) is 5.10 Å². The third-order valence-corrected chi connectivity index (χ3v) is 1.54. The summed E-state index contributed by atoms with van der Waals surface area (Å²) in [6, 6.07) is 0. The topological polar surface area (TPSA) is 62.3 Å². The predicted octanol–water partition coefficient (Wildman–Crippen LogP) is 0.416. The van der Waals surface area contributed by atoms with Gasteiger partial charge in [-0.05, 0) is 6.92 Å². The first-order valence-corrected chi connectivity index (χ1v) is 4.08. The lowest BCUT2D eigenvalue weighted by molar-refractivity contribution is 0.0890. The van der Waals surface area contributed by atoms with E-state index in [1.165, 1.54) is 0 Å². The Morgan fingerprint density at radius 3 is 2.85 bits per heavy atom. The molecule has 13 heavy (non-hydrogen) atoms. The first kappa shape index (κ1) is 9.85. The van der Waals surface area contributed by atoms with Crippen LogP contribution in [0.25, 0.3) is 0 Å². The highest BCUT2D eigenvalue weighted by atomic mass is 16.5. The average Bonchev–Trinajstić information content (AvgIpc) is 2.30. The van der Waals surface area contributed by atoms with E-state index < -0.39 is 0 Å². The molecule has 0 aliphatic carbocycles. The van der Waals surface area contributed by atoms with Crippen molar-refractivity contribution in [2.75, 3.05) is 19.5 Å². The highest BCUT2D eigenvalue weighted by Gasteiger charge is 2.09. The van der Waals surface area contributed by atoms with Crippen molar-refractivity contribution < 1.29 is 9.47 Å². The number of hydrogen-bond donors (Lipinski definition) is 1. The molecular formula is C8H15N3O2. The predicted molar refractivity (Wildman–Crippen MR) is 49.6 cm³/mol. The summed E-state index contributed by atoms with van der Waals surface area (Å²) in [4.78, 5) is 0. The van der Waals surface area contributed by atoms with Crippen molar-refractivity contribution in [3.8, 4) is 5.88 Å². The Labute approximate surface area is 77.4 Å². The summed E-state index contributed by atoms with van der Waals surface area (Å²) in [7, 11) is 3.42. The van der Waals surface area contributed by atoms with Crippen LogP contribution in [-0.2, 0) is 11.8 Å². The molecule has 0 aliphatic heterocycles. The van der Waals surface area contributed by atoms with E-state index in [0.717, 1.165) is 0 Å². The Bertz CT molecular complexity index is 272. The molecule has 5 heteroatoms. The molecule has 0 amide bonds. The summed E-state index contributed by atoms with van der Waals surface area (Å²) >= 11 is 0. The number of rotatable bonds is 4. The van der Waals surface area contributed by atoms with Crippen LogP contribution < -0.4 is 10.5 Å². The minimum Gasteiger partial charge on any atom is -0.470 e. The summed E-state index contributed by atoms with van der Waals surface area (Å²) in [6.45, 7) is 2.42. The molecule has 5 nitrogen and oxygen atoms in total. The van der Waals surface area contributed by atoms with Crippen LogP contribution in [0.3, 0.4) is 0 Å². The molecule has 2 N–H and O–H groups in total. The average molecular weight is 185 g/mol. The Hall–Kier alpha value is -1.23. The van der Waals surface area contributed by atoms with Crippen molar-refractivity contribution in [3.63, 3.8) is 0 Å². The number of ether oxygens (including phenoxy) is 2. The molecule has 0 aromatic carbocycles. The van der Waals surface area contributed by atoms with Crippen LogP contribution in [0, 0.1) is 0 Å². The molecule has 1 rings (SSSR count). The van der Waals surface area contributed by atoms with Gasteiger partial charge in [0, 0.05) is 14.2 Å². The van der Waals surface area contributed by atoms with Gasteiger partial charge >= 0.3 is 0 Å². The van der Waals surface area contributed by atoms with Gasteiger partial charge in [-0.2, -0.15) is 0 Å². The molecule has 1 aromatic rings. The summed E-state index contributed by atoms with van der Waals surface area (Å²) in [5, 5.41) is 4.05. The molecule has 0 spiro atoms. The van der Waals surface area contributed by atoms with Gasteiger partial charge in [0.1, 0.15) is 11.8 Å². The highest BCUT2D eigenvalue weighted by molar-refractivity contribution is 5.45. The number of aryl methyl sites for hydroxylation is 1. The van der Waals surface area contributed by atoms with Crippen molar-refractivity contribution in [1.82, 2.24) is 9.78 Å². The zero-order chi connectivity index (χ0) is 9.84. The summed E-state index contributed by atoms with van der Waals surface area (Å²) in [5.74, 6) is 0.465. The van der Waals surface area contributed by atoms with Gasteiger partial charge in [0.15, 0.2) is 0 Å². The van der Waals surface area contributed by atoms with Crippen LogP contribution in [0.4, 0.5) is 5.69 Å². The molecule has 0 fully saturated rings. The van der Waals surface area contributed by atoms with E-state index in [9.17, 15) is 0 Å². The number of nitrogens with two attached hydrogens (primary N) is 1. The fourth-order valence-electron chi connectivity index (χ4n) is 1.04. The number of nitrogens with zero attached hydrogens (tertiary/aromatic N) is 2. The Balaban J connectivity index is 2.57. The lowest BCUT2D eigenvalue weighted by Gasteiger charge is -2.11. The molecule has 0 saturated heterocycles. The minimum absolute atomic E-state index is 0.0396. The number of nitrogen functional groups attached to an aromatic ring is 1. The quantitative estimate of drug-likeness (QED) is 0.738. The summed E-state index contributed by atoms with van der Waals surface area (Å²) in [5.41, 5.74) is 6.18. The summed E-state index contributed by atoms with van der Waals surface area (Å²) in [6.07, 6.45) is 1.66. The molecule has 0 radical (unpaired) electrons. The van der Waals surface area contributed by atoms with E-state index in [2.05, 4.69) is 5.10 Å². The van der Waals surface area contributed by atoms with Gasteiger partial charge < -0.3 is 15.2 Å². The Kier molecular flexibility index (Phi) is 3.13. The monoisotopic (exact) mass is 185 g/mol. The molecule has 0 bridgehead atoms. The highest BCUT2D eigenvalue weighted by Crippen LogP contribution is 2.18. The summed E-state index contributed by atoms with van der Waals surface area (Å²) < 4.78 is 12.0. The van der Waals surface area contributed by atoms with E-state index in [4.69, 9.17) is 15.2 Å². The molecule has 1 aromatic heterocycles. The molecule has 0 aliphatic rings. The number of hydrogen-bond acceptors (Lipinski definition) is 4.